The van der Waals surface area contributed by atoms with Crippen molar-refractivity contribution in [1.29, 1.82) is 0 Å². The van der Waals surface area contributed by atoms with Gasteiger partial charge in [-0.25, -0.2) is 0 Å². The Bertz CT molecular complexity index is 269. The van der Waals surface area contributed by atoms with Crippen LogP contribution in [0.5, 0.6) is 0 Å². The maximum absolute atomic E-state index is 5.36. The minimum Gasteiger partial charge on any atom is -0.408 e. The molecule has 5 nitrogen and oxygen atoms in total. The number of hydrogen-bond acceptors (Lipinski definition) is 5. The molecule has 1 heterocycles. The summed E-state index contributed by atoms with van der Waals surface area (Å²) in [5.74, 6) is 0.615. The molecule has 1 aliphatic carbocycles. The molecular weight excluding hydrogens is 168 g/mol. The average molecular weight is 182 g/mol. The van der Waals surface area contributed by atoms with Crippen LogP contribution in [0.2, 0.25) is 0 Å². The Labute approximate surface area is 76.7 Å². The molecule has 2 rings (SSSR count). The lowest BCUT2D eigenvalue weighted by molar-refractivity contribution is 0.423. The van der Waals surface area contributed by atoms with E-state index in [1.807, 2.05) is 0 Å². The number of nitrogens with one attached hydrogen (secondary N) is 1. The van der Waals surface area contributed by atoms with Crippen LogP contribution < -0.4 is 11.1 Å². The Balaban J connectivity index is 1.88. The molecule has 0 unspecified atom stereocenters. The minimum atomic E-state index is 0.533. The maximum atomic E-state index is 5.36. The fourth-order valence-corrected chi connectivity index (χ4v) is 1.26. The van der Waals surface area contributed by atoms with Gasteiger partial charge in [-0.3, -0.25) is 0 Å². The van der Waals surface area contributed by atoms with Crippen molar-refractivity contribution in [2.75, 3.05) is 11.9 Å². The maximum Gasteiger partial charge on any atom is 0.315 e. The number of aromatic nitrogens is 2. The number of hydrogen-bond donors (Lipinski definition) is 2. The van der Waals surface area contributed by atoms with Crippen LogP contribution in [0.4, 0.5) is 6.01 Å². The Morgan fingerprint density at radius 2 is 2.31 bits per heavy atom. The van der Waals surface area contributed by atoms with Crippen LogP contribution in [0.3, 0.4) is 0 Å². The van der Waals surface area contributed by atoms with Crippen molar-refractivity contribution in [1.82, 2.24) is 10.2 Å². The molecule has 0 saturated heterocycles. The van der Waals surface area contributed by atoms with Crippen molar-refractivity contribution in [2.24, 2.45) is 5.73 Å². The summed E-state index contributed by atoms with van der Waals surface area (Å²) in [5.41, 5.74) is 5.36. The van der Waals surface area contributed by atoms with Crippen molar-refractivity contribution in [3.05, 3.63) is 5.89 Å². The van der Waals surface area contributed by atoms with E-state index in [4.69, 9.17) is 10.2 Å². The fourth-order valence-electron chi connectivity index (χ4n) is 1.26. The van der Waals surface area contributed by atoms with Crippen molar-refractivity contribution < 1.29 is 4.42 Å². The lowest BCUT2D eigenvalue weighted by Gasteiger charge is -2.24. The number of rotatable bonds is 4. The molecule has 0 atom stereocenters. The molecule has 0 aliphatic heterocycles. The SMILES string of the molecule is NCCc1nnc(NC2CCC2)o1. The number of nitrogens with two attached hydrogens (primary N) is 1. The second-order valence-electron chi connectivity index (χ2n) is 3.31. The summed E-state index contributed by atoms with van der Waals surface area (Å²) >= 11 is 0. The molecule has 1 fully saturated rings. The van der Waals surface area contributed by atoms with Gasteiger partial charge in [0.25, 0.3) is 0 Å². The van der Waals surface area contributed by atoms with E-state index >= 15 is 0 Å². The van der Waals surface area contributed by atoms with E-state index < -0.39 is 0 Å². The highest BCUT2D eigenvalue weighted by Gasteiger charge is 2.19. The second-order valence-corrected chi connectivity index (χ2v) is 3.31. The van der Waals surface area contributed by atoms with Gasteiger partial charge < -0.3 is 15.5 Å². The molecule has 0 aromatic carbocycles. The quantitative estimate of drug-likeness (QED) is 0.710. The first-order chi connectivity index (χ1) is 6.38. The zero-order valence-electron chi connectivity index (χ0n) is 7.49. The number of nitrogens with zero attached hydrogens (tertiary/aromatic N) is 2. The third kappa shape index (κ3) is 1.98. The molecule has 1 aromatic rings. The summed E-state index contributed by atoms with van der Waals surface area (Å²) in [5, 5.41) is 10.9. The van der Waals surface area contributed by atoms with Gasteiger partial charge in [-0.1, -0.05) is 5.10 Å². The third-order valence-corrected chi connectivity index (χ3v) is 2.26. The number of anilines is 1. The largest absolute Gasteiger partial charge is 0.408 e. The zero-order valence-corrected chi connectivity index (χ0v) is 7.49. The first-order valence-corrected chi connectivity index (χ1v) is 4.67. The molecule has 0 spiro atoms. The van der Waals surface area contributed by atoms with E-state index in [2.05, 4.69) is 15.5 Å². The van der Waals surface area contributed by atoms with Crippen LogP contribution in [0.15, 0.2) is 4.42 Å². The summed E-state index contributed by atoms with van der Waals surface area (Å²) in [6, 6.07) is 1.07. The standard InChI is InChI=1S/C8H14N4O/c9-5-4-7-11-12-8(13-7)10-6-2-1-3-6/h6H,1-5,9H2,(H,10,12). The normalized spacial score (nSPS) is 17.0. The molecular formula is C8H14N4O. The van der Waals surface area contributed by atoms with Crippen LogP contribution in [0, 0.1) is 0 Å². The molecule has 72 valence electrons. The van der Waals surface area contributed by atoms with E-state index in [1.165, 1.54) is 19.3 Å². The summed E-state index contributed by atoms with van der Waals surface area (Å²) in [6.45, 7) is 0.547. The molecule has 1 aliphatic rings. The molecule has 5 heteroatoms. The van der Waals surface area contributed by atoms with Crippen molar-refractivity contribution in [3.8, 4) is 0 Å². The van der Waals surface area contributed by atoms with E-state index in [9.17, 15) is 0 Å². The minimum absolute atomic E-state index is 0.533. The second kappa shape index (κ2) is 3.74. The fraction of sp³-hybridized carbons (Fsp3) is 0.750. The molecule has 0 amide bonds. The van der Waals surface area contributed by atoms with Crippen LogP contribution in [-0.2, 0) is 6.42 Å². The van der Waals surface area contributed by atoms with Crippen LogP contribution in [0.25, 0.3) is 0 Å². The van der Waals surface area contributed by atoms with Gasteiger partial charge in [0.05, 0.1) is 0 Å². The first-order valence-electron chi connectivity index (χ1n) is 4.67. The molecule has 0 radical (unpaired) electrons. The van der Waals surface area contributed by atoms with Gasteiger partial charge in [-0.05, 0) is 19.3 Å². The summed E-state index contributed by atoms with van der Waals surface area (Å²) in [7, 11) is 0. The molecule has 13 heavy (non-hydrogen) atoms. The zero-order chi connectivity index (χ0) is 9.10. The van der Waals surface area contributed by atoms with Crippen molar-refractivity contribution in [2.45, 2.75) is 31.7 Å². The van der Waals surface area contributed by atoms with Gasteiger partial charge in [0.15, 0.2) is 0 Å². The van der Waals surface area contributed by atoms with Crippen molar-refractivity contribution >= 4 is 6.01 Å². The van der Waals surface area contributed by atoms with Gasteiger partial charge in [0.2, 0.25) is 5.89 Å². The monoisotopic (exact) mass is 182 g/mol. The van der Waals surface area contributed by atoms with Gasteiger partial charge in [-0.15, -0.1) is 5.10 Å². The molecule has 3 N–H and O–H groups in total. The highest BCUT2D eigenvalue weighted by Crippen LogP contribution is 2.22. The Morgan fingerprint density at radius 3 is 2.92 bits per heavy atom. The van der Waals surface area contributed by atoms with Crippen LogP contribution in [0.1, 0.15) is 25.2 Å². The smallest absolute Gasteiger partial charge is 0.315 e. The van der Waals surface area contributed by atoms with Crippen LogP contribution in [-0.4, -0.2) is 22.8 Å². The highest BCUT2D eigenvalue weighted by molar-refractivity contribution is 5.20. The van der Waals surface area contributed by atoms with E-state index in [1.54, 1.807) is 0 Å². The summed E-state index contributed by atoms with van der Waals surface area (Å²) in [4.78, 5) is 0. The summed E-state index contributed by atoms with van der Waals surface area (Å²) < 4.78 is 5.32. The Hall–Kier alpha value is -1.10. The van der Waals surface area contributed by atoms with E-state index in [-0.39, 0.29) is 0 Å². The van der Waals surface area contributed by atoms with Gasteiger partial charge in [-0.2, -0.15) is 0 Å². The Kier molecular flexibility index (Phi) is 2.44. The van der Waals surface area contributed by atoms with Crippen molar-refractivity contribution in [3.63, 3.8) is 0 Å². The third-order valence-electron chi connectivity index (χ3n) is 2.26. The topological polar surface area (TPSA) is 77.0 Å². The van der Waals surface area contributed by atoms with Gasteiger partial charge in [0.1, 0.15) is 0 Å². The lowest BCUT2D eigenvalue weighted by atomic mass is 9.93. The molecule has 1 aromatic heterocycles. The first kappa shape index (κ1) is 8.50. The van der Waals surface area contributed by atoms with Crippen LogP contribution >= 0.6 is 0 Å². The van der Waals surface area contributed by atoms with E-state index in [0.29, 0.717) is 30.9 Å². The average Bonchev–Trinajstić information content (AvgIpc) is 2.46. The predicted octanol–water partition coefficient (Wildman–Crippen LogP) is 0.535. The summed E-state index contributed by atoms with van der Waals surface area (Å²) in [6.07, 6.45) is 4.35. The lowest BCUT2D eigenvalue weighted by Crippen LogP contribution is -2.27. The van der Waals surface area contributed by atoms with E-state index in [0.717, 1.165) is 0 Å². The Morgan fingerprint density at radius 1 is 1.46 bits per heavy atom. The molecule has 1 saturated carbocycles. The predicted molar refractivity (Wildman–Crippen MR) is 48.3 cm³/mol. The molecule has 0 bridgehead atoms. The van der Waals surface area contributed by atoms with Gasteiger partial charge in [0, 0.05) is 19.0 Å². The van der Waals surface area contributed by atoms with Gasteiger partial charge >= 0.3 is 6.01 Å². The highest BCUT2D eigenvalue weighted by atomic mass is 16.4.